The molecule has 2 aromatic rings. The Balaban J connectivity index is 2.61. The molecule has 0 fully saturated rings. The molecule has 5 heteroatoms. The fourth-order valence-electron chi connectivity index (χ4n) is 1.80. The quantitative estimate of drug-likeness (QED) is 0.607. The molecule has 0 aliphatic carbocycles. The fourth-order valence-corrected chi connectivity index (χ4v) is 2.31. The van der Waals surface area contributed by atoms with Crippen molar-refractivity contribution in [3.05, 3.63) is 57.6 Å². The molecule has 100 valence electrons. The van der Waals surface area contributed by atoms with Crippen LogP contribution in [0.1, 0.15) is 11.1 Å². The van der Waals surface area contributed by atoms with E-state index >= 15 is 0 Å². The number of hydrogen-bond donors (Lipinski definition) is 0. The Morgan fingerprint density at radius 2 is 1.58 bits per heavy atom. The third-order valence-electron chi connectivity index (χ3n) is 2.79. The minimum absolute atomic E-state index is 0.329. The van der Waals surface area contributed by atoms with Crippen LogP contribution in [-0.2, 0) is 6.18 Å². The number of hydrogen-bond acceptors (Lipinski definition) is 0. The maximum atomic E-state index is 12.7. The van der Waals surface area contributed by atoms with Crippen molar-refractivity contribution in [2.75, 3.05) is 0 Å². The normalized spacial score (nSPS) is 11.7. The van der Waals surface area contributed by atoms with Crippen molar-refractivity contribution in [1.29, 1.82) is 0 Å². The molecule has 0 aliphatic heterocycles. The van der Waals surface area contributed by atoms with Gasteiger partial charge in [0.05, 0.1) is 5.56 Å². The van der Waals surface area contributed by atoms with Crippen molar-refractivity contribution >= 4 is 23.2 Å². The molecule has 0 heterocycles. The van der Waals surface area contributed by atoms with Crippen LogP contribution in [0.3, 0.4) is 0 Å². The molecule has 0 nitrogen and oxygen atoms in total. The Hall–Kier alpha value is -1.19. The van der Waals surface area contributed by atoms with Crippen LogP contribution in [0.25, 0.3) is 11.1 Å². The van der Waals surface area contributed by atoms with E-state index in [0.717, 1.165) is 17.7 Å². The number of rotatable bonds is 1. The van der Waals surface area contributed by atoms with Gasteiger partial charge in [-0.15, -0.1) is 0 Å². The van der Waals surface area contributed by atoms with Crippen LogP contribution in [-0.4, -0.2) is 0 Å². The van der Waals surface area contributed by atoms with Crippen molar-refractivity contribution in [2.24, 2.45) is 0 Å². The van der Waals surface area contributed by atoms with Gasteiger partial charge in [-0.25, -0.2) is 0 Å². The summed E-state index contributed by atoms with van der Waals surface area (Å²) in [5.41, 5.74) is 1.02. The molecule has 0 saturated carbocycles. The highest BCUT2D eigenvalue weighted by atomic mass is 35.5. The van der Waals surface area contributed by atoms with Gasteiger partial charge >= 0.3 is 6.18 Å². The third-order valence-corrected chi connectivity index (χ3v) is 3.33. The van der Waals surface area contributed by atoms with Gasteiger partial charge in [-0.3, -0.25) is 0 Å². The smallest absolute Gasteiger partial charge is 0.166 e. The van der Waals surface area contributed by atoms with Crippen LogP contribution >= 0.6 is 23.2 Å². The summed E-state index contributed by atoms with van der Waals surface area (Å²) in [7, 11) is 0. The molecular formula is C14H9Cl2F3. The Labute approximate surface area is 118 Å². The second kappa shape index (κ2) is 5.06. The van der Waals surface area contributed by atoms with Crippen LogP contribution in [0.2, 0.25) is 10.0 Å². The van der Waals surface area contributed by atoms with E-state index in [0.29, 0.717) is 21.2 Å². The summed E-state index contributed by atoms with van der Waals surface area (Å²) in [5, 5.41) is 0.772. The van der Waals surface area contributed by atoms with Crippen LogP contribution in [0.4, 0.5) is 13.2 Å². The summed E-state index contributed by atoms with van der Waals surface area (Å²) < 4.78 is 38.2. The summed E-state index contributed by atoms with van der Waals surface area (Å²) in [6, 6.07) is 8.32. The molecule has 0 unspecified atom stereocenters. The van der Waals surface area contributed by atoms with Gasteiger partial charge in [0.2, 0.25) is 0 Å². The van der Waals surface area contributed by atoms with Gasteiger partial charge in [-0.1, -0.05) is 35.3 Å². The summed E-state index contributed by atoms with van der Waals surface area (Å²) in [5.74, 6) is 0. The zero-order valence-electron chi connectivity index (χ0n) is 9.85. The second-order valence-corrected chi connectivity index (χ2v) is 5.00. The molecule has 0 aromatic heterocycles. The first-order chi connectivity index (χ1) is 8.79. The second-order valence-electron chi connectivity index (χ2n) is 4.15. The maximum absolute atomic E-state index is 12.7. The lowest BCUT2D eigenvalue weighted by atomic mass is 9.98. The van der Waals surface area contributed by atoms with E-state index in [4.69, 9.17) is 23.2 Å². The van der Waals surface area contributed by atoms with Gasteiger partial charge in [-0.2, -0.15) is 13.2 Å². The molecule has 0 N–H and O–H groups in total. The maximum Gasteiger partial charge on any atom is 0.416 e. The molecule has 0 aliphatic rings. The first-order valence-electron chi connectivity index (χ1n) is 5.42. The molecule has 0 bridgehead atoms. The van der Waals surface area contributed by atoms with E-state index in [2.05, 4.69) is 0 Å². The van der Waals surface area contributed by atoms with E-state index in [9.17, 15) is 13.2 Å². The molecule has 0 amide bonds. The third kappa shape index (κ3) is 3.04. The van der Waals surface area contributed by atoms with Gasteiger partial charge < -0.3 is 0 Å². The Bertz CT molecular complexity index is 619. The lowest BCUT2D eigenvalue weighted by molar-refractivity contribution is -0.137. The molecule has 19 heavy (non-hydrogen) atoms. The van der Waals surface area contributed by atoms with E-state index in [1.54, 1.807) is 19.1 Å². The molecule has 2 rings (SSSR count). The molecule has 0 radical (unpaired) electrons. The average molecular weight is 305 g/mol. The summed E-state index contributed by atoms with van der Waals surface area (Å²) in [6.07, 6.45) is -4.37. The minimum Gasteiger partial charge on any atom is -0.166 e. The lowest BCUT2D eigenvalue weighted by Crippen LogP contribution is -2.05. The number of aryl methyl sites for hydroxylation is 1. The molecular weight excluding hydrogens is 296 g/mol. The van der Waals surface area contributed by atoms with E-state index < -0.39 is 11.7 Å². The molecule has 2 aromatic carbocycles. The largest absolute Gasteiger partial charge is 0.416 e. The standard InChI is InChI=1S/C14H9Cl2F3/c1-8-2-3-9(14(17,18)19)6-12(8)11-5-4-10(15)7-13(11)16/h2-7H,1H3. The molecule has 0 spiro atoms. The zero-order chi connectivity index (χ0) is 14.2. The Kier molecular flexibility index (Phi) is 3.79. The highest BCUT2D eigenvalue weighted by Gasteiger charge is 2.31. The summed E-state index contributed by atoms with van der Waals surface area (Å²) >= 11 is 11.8. The number of benzene rings is 2. The fraction of sp³-hybridized carbons (Fsp3) is 0.143. The highest BCUT2D eigenvalue weighted by Crippen LogP contribution is 2.37. The predicted molar refractivity (Wildman–Crippen MR) is 71.6 cm³/mol. The van der Waals surface area contributed by atoms with E-state index in [1.165, 1.54) is 12.1 Å². The Morgan fingerprint density at radius 1 is 0.895 bits per heavy atom. The van der Waals surface area contributed by atoms with Gasteiger partial charge in [0.15, 0.2) is 0 Å². The Morgan fingerprint density at radius 3 is 2.16 bits per heavy atom. The van der Waals surface area contributed by atoms with Crippen LogP contribution < -0.4 is 0 Å². The van der Waals surface area contributed by atoms with Crippen molar-refractivity contribution in [3.63, 3.8) is 0 Å². The van der Waals surface area contributed by atoms with Crippen LogP contribution in [0.15, 0.2) is 36.4 Å². The van der Waals surface area contributed by atoms with Gasteiger partial charge in [0.1, 0.15) is 0 Å². The first kappa shape index (κ1) is 14.2. The average Bonchev–Trinajstić information content (AvgIpc) is 2.29. The minimum atomic E-state index is -4.37. The number of halogens is 5. The topological polar surface area (TPSA) is 0 Å². The highest BCUT2D eigenvalue weighted by molar-refractivity contribution is 6.36. The first-order valence-corrected chi connectivity index (χ1v) is 6.18. The van der Waals surface area contributed by atoms with Crippen LogP contribution in [0, 0.1) is 6.92 Å². The molecule has 0 atom stereocenters. The number of alkyl halides is 3. The van der Waals surface area contributed by atoms with Gasteiger partial charge in [-0.05, 0) is 42.3 Å². The van der Waals surface area contributed by atoms with E-state index in [-0.39, 0.29) is 0 Å². The summed E-state index contributed by atoms with van der Waals surface area (Å²) in [4.78, 5) is 0. The van der Waals surface area contributed by atoms with Crippen molar-refractivity contribution < 1.29 is 13.2 Å². The predicted octanol–water partition coefficient (Wildman–Crippen LogP) is 5.99. The summed E-state index contributed by atoms with van der Waals surface area (Å²) in [6.45, 7) is 1.74. The lowest BCUT2D eigenvalue weighted by Gasteiger charge is -2.13. The van der Waals surface area contributed by atoms with Gasteiger partial charge in [0, 0.05) is 15.6 Å². The monoisotopic (exact) mass is 304 g/mol. The van der Waals surface area contributed by atoms with Crippen molar-refractivity contribution in [2.45, 2.75) is 13.1 Å². The van der Waals surface area contributed by atoms with Crippen molar-refractivity contribution in [1.82, 2.24) is 0 Å². The SMILES string of the molecule is Cc1ccc(C(F)(F)F)cc1-c1ccc(Cl)cc1Cl. The van der Waals surface area contributed by atoms with E-state index in [1.807, 2.05) is 0 Å². The van der Waals surface area contributed by atoms with Gasteiger partial charge in [0.25, 0.3) is 0 Å². The van der Waals surface area contributed by atoms with Crippen LogP contribution in [0.5, 0.6) is 0 Å². The van der Waals surface area contributed by atoms with Crippen molar-refractivity contribution in [3.8, 4) is 11.1 Å². The zero-order valence-corrected chi connectivity index (χ0v) is 11.4. The molecule has 0 saturated heterocycles.